The molecule has 0 atom stereocenters. The molecule has 0 aliphatic rings. The van der Waals surface area contributed by atoms with Crippen molar-refractivity contribution in [2.75, 3.05) is 0 Å². The first-order chi connectivity index (χ1) is 4.77. The van der Waals surface area contributed by atoms with Crippen LogP contribution in [0, 0.1) is 0 Å². The zero-order valence-corrected chi connectivity index (χ0v) is 9.18. The minimum absolute atomic E-state index is 0. The number of unbranched alkanes of at least 4 members (excludes halogenated alkanes) is 4. The van der Waals surface area contributed by atoms with E-state index in [4.69, 9.17) is 5.73 Å². The maximum absolute atomic E-state index is 10.3. The zero-order chi connectivity index (χ0) is 7.82. The van der Waals surface area contributed by atoms with Crippen LogP contribution in [0.3, 0.4) is 0 Å². The van der Waals surface area contributed by atoms with Crippen molar-refractivity contribution >= 4 is 30.7 Å². The lowest BCUT2D eigenvalue weighted by Crippen LogP contribution is -2.09. The highest BCUT2D eigenvalue weighted by atomic mass is 35.5. The van der Waals surface area contributed by atoms with E-state index in [1.54, 1.807) is 0 Å². The molecule has 0 aromatic rings. The topological polar surface area (TPSA) is 43.1 Å². The molecule has 76 valence electrons. The molecule has 0 fully saturated rings. The number of amides is 1. The Morgan fingerprint density at radius 3 is 2.00 bits per heavy atom. The van der Waals surface area contributed by atoms with Gasteiger partial charge in [-0.3, -0.25) is 4.79 Å². The molecule has 0 saturated heterocycles. The summed E-state index contributed by atoms with van der Waals surface area (Å²) in [6.07, 6.45) is 6.44. The Bertz CT molecular complexity index is 99.1. The summed E-state index contributed by atoms with van der Waals surface area (Å²) in [5, 5.41) is 0. The fourth-order valence-electron chi connectivity index (χ4n) is 0.903. The predicted molar refractivity (Wildman–Crippen MR) is 57.1 cm³/mol. The number of carbonyl (C=O) groups excluding carboxylic acids is 1. The Balaban J connectivity index is -0.000000405. The Kier molecular flexibility index (Phi) is 20.4. The van der Waals surface area contributed by atoms with Gasteiger partial charge in [0.2, 0.25) is 5.91 Å². The van der Waals surface area contributed by atoms with Gasteiger partial charge in [-0.15, -0.1) is 24.8 Å². The maximum atomic E-state index is 10.3. The first kappa shape index (κ1) is 18.0. The fourth-order valence-corrected chi connectivity index (χ4v) is 0.903. The lowest BCUT2D eigenvalue weighted by molar-refractivity contribution is -0.118. The SMILES string of the molecule is CCCCCCCC(N)=O.Cl.Cl. The highest BCUT2D eigenvalue weighted by Gasteiger charge is 1.92. The lowest BCUT2D eigenvalue weighted by Gasteiger charge is -1.95. The molecule has 12 heavy (non-hydrogen) atoms. The van der Waals surface area contributed by atoms with Crippen molar-refractivity contribution in [1.82, 2.24) is 0 Å². The third kappa shape index (κ3) is 16.6. The molecule has 0 aromatic carbocycles. The first-order valence-electron chi connectivity index (χ1n) is 4.05. The van der Waals surface area contributed by atoms with Crippen LogP contribution in [0.25, 0.3) is 0 Å². The molecule has 1 amide bonds. The van der Waals surface area contributed by atoms with Crippen LogP contribution in [0.1, 0.15) is 45.4 Å². The fraction of sp³-hybridized carbons (Fsp3) is 0.875. The number of halogens is 2. The number of primary amides is 1. The van der Waals surface area contributed by atoms with Crippen LogP contribution < -0.4 is 5.73 Å². The summed E-state index contributed by atoms with van der Waals surface area (Å²) in [5.74, 6) is -0.170. The van der Waals surface area contributed by atoms with E-state index in [0.29, 0.717) is 6.42 Å². The summed E-state index contributed by atoms with van der Waals surface area (Å²) < 4.78 is 0. The molecule has 2 nitrogen and oxygen atoms in total. The largest absolute Gasteiger partial charge is 0.370 e. The molecule has 2 N–H and O–H groups in total. The standard InChI is InChI=1S/C8H17NO.2ClH/c1-2-3-4-5-6-7-8(9)10;;/h2-7H2,1H3,(H2,9,10);2*1H. The van der Waals surface area contributed by atoms with Crippen molar-refractivity contribution in [3.8, 4) is 0 Å². The van der Waals surface area contributed by atoms with Crippen LogP contribution in [0.2, 0.25) is 0 Å². The molecule has 0 bridgehead atoms. The molecule has 4 heteroatoms. The Morgan fingerprint density at radius 1 is 1.08 bits per heavy atom. The van der Waals surface area contributed by atoms with Crippen LogP contribution in [-0.2, 0) is 4.79 Å². The van der Waals surface area contributed by atoms with Gasteiger partial charge >= 0.3 is 0 Å². The summed E-state index contributed by atoms with van der Waals surface area (Å²) in [5.41, 5.74) is 4.97. The molecule has 0 radical (unpaired) electrons. The average molecular weight is 216 g/mol. The number of hydrogen-bond acceptors (Lipinski definition) is 1. The molecule has 0 spiro atoms. The van der Waals surface area contributed by atoms with Crippen LogP contribution in [0.15, 0.2) is 0 Å². The van der Waals surface area contributed by atoms with Gasteiger partial charge in [0.15, 0.2) is 0 Å². The Hall–Kier alpha value is 0.0500. The van der Waals surface area contributed by atoms with Gasteiger partial charge in [-0.2, -0.15) is 0 Å². The lowest BCUT2D eigenvalue weighted by atomic mass is 10.1. The van der Waals surface area contributed by atoms with Gasteiger partial charge in [-0.1, -0.05) is 32.6 Å². The minimum atomic E-state index is -0.170. The van der Waals surface area contributed by atoms with Crippen molar-refractivity contribution in [1.29, 1.82) is 0 Å². The molecule has 0 aromatic heterocycles. The summed E-state index contributed by atoms with van der Waals surface area (Å²) in [7, 11) is 0. The predicted octanol–water partition coefficient (Wildman–Crippen LogP) is 2.68. The third-order valence-corrected chi connectivity index (χ3v) is 1.53. The third-order valence-electron chi connectivity index (χ3n) is 1.53. The molecular weight excluding hydrogens is 197 g/mol. The summed E-state index contributed by atoms with van der Waals surface area (Å²) in [4.78, 5) is 10.3. The van der Waals surface area contributed by atoms with Crippen LogP contribution in [0.5, 0.6) is 0 Å². The minimum Gasteiger partial charge on any atom is -0.370 e. The summed E-state index contributed by atoms with van der Waals surface area (Å²) >= 11 is 0. The normalized spacial score (nSPS) is 8.08. The van der Waals surface area contributed by atoms with Gasteiger partial charge < -0.3 is 5.73 Å². The van der Waals surface area contributed by atoms with Crippen molar-refractivity contribution < 1.29 is 4.79 Å². The van der Waals surface area contributed by atoms with E-state index in [2.05, 4.69) is 6.92 Å². The average Bonchev–Trinajstić information content (AvgIpc) is 1.87. The van der Waals surface area contributed by atoms with Gasteiger partial charge in [-0.05, 0) is 6.42 Å². The highest BCUT2D eigenvalue weighted by molar-refractivity contribution is 5.85. The molecule has 0 aliphatic heterocycles. The van der Waals surface area contributed by atoms with Crippen LogP contribution in [0.4, 0.5) is 0 Å². The van der Waals surface area contributed by atoms with E-state index in [0.717, 1.165) is 12.8 Å². The van der Waals surface area contributed by atoms with Crippen LogP contribution in [-0.4, -0.2) is 5.91 Å². The van der Waals surface area contributed by atoms with E-state index in [1.807, 2.05) is 0 Å². The van der Waals surface area contributed by atoms with E-state index >= 15 is 0 Å². The van der Waals surface area contributed by atoms with Gasteiger partial charge in [0.05, 0.1) is 0 Å². The molecule has 0 saturated carbocycles. The monoisotopic (exact) mass is 215 g/mol. The maximum Gasteiger partial charge on any atom is 0.217 e. The number of carbonyl (C=O) groups is 1. The Labute approximate surface area is 87.1 Å². The van der Waals surface area contributed by atoms with E-state index in [9.17, 15) is 4.79 Å². The second-order valence-electron chi connectivity index (χ2n) is 2.63. The van der Waals surface area contributed by atoms with E-state index in [-0.39, 0.29) is 30.7 Å². The van der Waals surface area contributed by atoms with E-state index in [1.165, 1.54) is 19.3 Å². The summed E-state index contributed by atoms with van der Waals surface area (Å²) in [6, 6.07) is 0. The number of hydrogen-bond donors (Lipinski definition) is 1. The second kappa shape index (κ2) is 13.6. The molecular formula is C8H19Cl2NO. The summed E-state index contributed by atoms with van der Waals surface area (Å²) in [6.45, 7) is 2.17. The quantitative estimate of drug-likeness (QED) is 0.681. The first-order valence-corrected chi connectivity index (χ1v) is 4.05. The highest BCUT2D eigenvalue weighted by Crippen LogP contribution is 2.03. The van der Waals surface area contributed by atoms with Crippen molar-refractivity contribution in [3.05, 3.63) is 0 Å². The molecule has 0 heterocycles. The molecule has 0 unspecified atom stereocenters. The molecule has 0 rings (SSSR count). The smallest absolute Gasteiger partial charge is 0.217 e. The second-order valence-corrected chi connectivity index (χ2v) is 2.63. The number of nitrogens with two attached hydrogens (primary N) is 1. The van der Waals surface area contributed by atoms with Gasteiger partial charge in [0.25, 0.3) is 0 Å². The van der Waals surface area contributed by atoms with Gasteiger partial charge in [0.1, 0.15) is 0 Å². The van der Waals surface area contributed by atoms with E-state index < -0.39 is 0 Å². The zero-order valence-electron chi connectivity index (χ0n) is 7.54. The number of rotatable bonds is 6. The van der Waals surface area contributed by atoms with Gasteiger partial charge in [-0.25, -0.2) is 0 Å². The van der Waals surface area contributed by atoms with Crippen LogP contribution >= 0.6 is 24.8 Å². The molecule has 0 aliphatic carbocycles. The van der Waals surface area contributed by atoms with Crippen molar-refractivity contribution in [2.45, 2.75) is 45.4 Å². The Morgan fingerprint density at radius 2 is 1.58 bits per heavy atom. The van der Waals surface area contributed by atoms with Crippen molar-refractivity contribution in [3.63, 3.8) is 0 Å². The van der Waals surface area contributed by atoms with Gasteiger partial charge in [0, 0.05) is 6.42 Å². The van der Waals surface area contributed by atoms with Crippen molar-refractivity contribution in [2.24, 2.45) is 5.73 Å².